The lowest BCUT2D eigenvalue weighted by molar-refractivity contribution is 0.208. The summed E-state index contributed by atoms with van der Waals surface area (Å²) in [5.41, 5.74) is 0. The largest absolute Gasteiger partial charge is 0.396 e. The first-order valence-electron chi connectivity index (χ1n) is 4.65. The van der Waals surface area contributed by atoms with Crippen LogP contribution in [-0.2, 0) is 8.85 Å². The lowest BCUT2D eigenvalue weighted by Crippen LogP contribution is -2.24. The Morgan fingerprint density at radius 2 is 1.42 bits per heavy atom. The highest BCUT2D eigenvalue weighted by atomic mass is 29.2. The maximum atomic E-state index is 5.42. The highest BCUT2D eigenvalue weighted by molar-refractivity contribution is 6.95. The SMILES string of the molecule is CCCCO[Si]([Si])OCCCC. The van der Waals surface area contributed by atoms with E-state index in [9.17, 15) is 0 Å². The van der Waals surface area contributed by atoms with Crippen LogP contribution in [0.5, 0.6) is 0 Å². The molecular weight excluding hydrogens is 184 g/mol. The minimum absolute atomic E-state index is 0.820. The highest BCUT2D eigenvalue weighted by Gasteiger charge is 2.05. The average Bonchev–Trinajstić information content (AvgIpc) is 2.06. The van der Waals surface area contributed by atoms with E-state index in [4.69, 9.17) is 8.85 Å². The van der Waals surface area contributed by atoms with Gasteiger partial charge in [0, 0.05) is 13.2 Å². The summed E-state index contributed by atoms with van der Waals surface area (Å²) >= 11 is 0. The van der Waals surface area contributed by atoms with Gasteiger partial charge in [-0.3, -0.25) is 0 Å². The number of hydrogen-bond acceptors (Lipinski definition) is 2. The van der Waals surface area contributed by atoms with Gasteiger partial charge in [-0.15, -0.1) is 0 Å². The normalized spacial score (nSPS) is 11.0. The third kappa shape index (κ3) is 8.45. The highest BCUT2D eigenvalue weighted by Crippen LogP contribution is 1.93. The summed E-state index contributed by atoms with van der Waals surface area (Å²) in [5.74, 6) is 0. The zero-order valence-corrected chi connectivity index (χ0v) is 10.1. The van der Waals surface area contributed by atoms with E-state index in [-0.39, 0.29) is 0 Å². The molecule has 0 saturated carbocycles. The maximum absolute atomic E-state index is 5.42. The first kappa shape index (κ1) is 12.4. The van der Waals surface area contributed by atoms with Gasteiger partial charge in [0.05, 0.1) is 9.76 Å². The van der Waals surface area contributed by atoms with Crippen molar-refractivity contribution < 1.29 is 8.85 Å². The van der Waals surface area contributed by atoms with E-state index >= 15 is 0 Å². The van der Waals surface area contributed by atoms with E-state index in [2.05, 4.69) is 23.6 Å². The van der Waals surface area contributed by atoms with Gasteiger partial charge in [-0.05, 0) is 12.8 Å². The molecule has 0 aliphatic carbocycles. The summed E-state index contributed by atoms with van der Waals surface area (Å²) in [6, 6.07) is 0. The first-order valence-corrected chi connectivity index (χ1v) is 7.47. The van der Waals surface area contributed by atoms with Gasteiger partial charge >= 0.3 is 8.80 Å². The molecule has 0 fully saturated rings. The Labute approximate surface area is 80.7 Å². The van der Waals surface area contributed by atoms with Crippen LogP contribution >= 0.6 is 0 Å². The van der Waals surface area contributed by atoms with Crippen molar-refractivity contribution in [3.8, 4) is 0 Å². The van der Waals surface area contributed by atoms with Crippen LogP contribution in [0.1, 0.15) is 39.5 Å². The monoisotopic (exact) mass is 202 g/mol. The Morgan fingerprint density at radius 3 is 1.75 bits per heavy atom. The molecule has 4 heteroatoms. The summed E-state index contributed by atoms with van der Waals surface area (Å²) in [6.45, 7) is 5.95. The van der Waals surface area contributed by atoms with Gasteiger partial charge in [0.1, 0.15) is 0 Å². The van der Waals surface area contributed by atoms with E-state index in [1.165, 1.54) is 12.8 Å². The van der Waals surface area contributed by atoms with Crippen molar-refractivity contribution in [3.05, 3.63) is 0 Å². The molecular formula is C8H18O2Si2. The van der Waals surface area contributed by atoms with Gasteiger partial charge in [0.2, 0.25) is 0 Å². The van der Waals surface area contributed by atoms with Crippen LogP contribution in [0.15, 0.2) is 0 Å². The Hall–Kier alpha value is 0.354. The molecule has 0 saturated heterocycles. The van der Waals surface area contributed by atoms with Crippen molar-refractivity contribution in [3.63, 3.8) is 0 Å². The van der Waals surface area contributed by atoms with Crippen molar-refractivity contribution in [1.29, 1.82) is 0 Å². The van der Waals surface area contributed by atoms with Crippen molar-refractivity contribution in [1.82, 2.24) is 0 Å². The van der Waals surface area contributed by atoms with Crippen molar-refractivity contribution >= 4 is 18.6 Å². The Morgan fingerprint density at radius 1 is 1.00 bits per heavy atom. The molecule has 0 atom stereocenters. The molecule has 0 amide bonds. The molecule has 0 unspecified atom stereocenters. The second-order valence-electron chi connectivity index (χ2n) is 2.69. The lowest BCUT2D eigenvalue weighted by Gasteiger charge is -2.10. The summed E-state index contributed by atoms with van der Waals surface area (Å²) < 4.78 is 10.8. The molecule has 2 nitrogen and oxygen atoms in total. The van der Waals surface area contributed by atoms with Gasteiger partial charge in [-0.1, -0.05) is 26.7 Å². The average molecular weight is 202 g/mol. The van der Waals surface area contributed by atoms with E-state index in [0.717, 1.165) is 26.1 Å². The molecule has 0 bridgehead atoms. The molecule has 0 heterocycles. The predicted octanol–water partition coefficient (Wildman–Crippen LogP) is 1.77. The molecule has 0 N–H and O–H groups in total. The summed E-state index contributed by atoms with van der Waals surface area (Å²) in [5, 5.41) is 0. The smallest absolute Gasteiger partial charge is 0.348 e. The Kier molecular flexibility index (Phi) is 9.72. The fraction of sp³-hybridized carbons (Fsp3) is 1.00. The maximum Gasteiger partial charge on any atom is 0.348 e. The molecule has 0 aliphatic heterocycles. The Bertz CT molecular complexity index is 81.1. The van der Waals surface area contributed by atoms with Gasteiger partial charge < -0.3 is 8.85 Å². The summed E-state index contributed by atoms with van der Waals surface area (Å²) in [6.07, 6.45) is 4.60. The molecule has 0 spiro atoms. The third-order valence-electron chi connectivity index (χ3n) is 1.46. The molecule has 70 valence electrons. The number of hydrogen-bond donors (Lipinski definition) is 0. The van der Waals surface area contributed by atoms with Crippen molar-refractivity contribution in [2.45, 2.75) is 39.5 Å². The van der Waals surface area contributed by atoms with Gasteiger partial charge in [-0.2, -0.15) is 0 Å². The molecule has 12 heavy (non-hydrogen) atoms. The van der Waals surface area contributed by atoms with Crippen LogP contribution in [0.3, 0.4) is 0 Å². The zero-order valence-electron chi connectivity index (χ0n) is 8.06. The minimum Gasteiger partial charge on any atom is -0.396 e. The van der Waals surface area contributed by atoms with Crippen LogP contribution in [0.2, 0.25) is 0 Å². The van der Waals surface area contributed by atoms with Crippen LogP contribution in [-0.4, -0.2) is 31.8 Å². The molecule has 0 aliphatic rings. The van der Waals surface area contributed by atoms with E-state index in [1.54, 1.807) is 0 Å². The second kappa shape index (κ2) is 9.44. The van der Waals surface area contributed by atoms with Crippen LogP contribution < -0.4 is 0 Å². The summed E-state index contributed by atoms with van der Waals surface area (Å²) in [7, 11) is 2.32. The first-order chi connectivity index (χ1) is 5.81. The number of rotatable bonds is 8. The predicted molar refractivity (Wildman–Crippen MR) is 53.2 cm³/mol. The Balaban J connectivity index is 3.04. The minimum atomic E-state index is -1.13. The van der Waals surface area contributed by atoms with Crippen molar-refractivity contribution in [2.75, 3.05) is 13.2 Å². The lowest BCUT2D eigenvalue weighted by atomic mass is 10.4. The fourth-order valence-corrected chi connectivity index (χ4v) is 2.02. The van der Waals surface area contributed by atoms with Crippen LogP contribution in [0.25, 0.3) is 0 Å². The topological polar surface area (TPSA) is 18.5 Å². The fourth-order valence-electron chi connectivity index (χ4n) is 0.660. The van der Waals surface area contributed by atoms with Crippen molar-refractivity contribution in [2.24, 2.45) is 0 Å². The number of unbranched alkanes of at least 4 members (excludes halogenated alkanes) is 2. The molecule has 0 aromatic heterocycles. The van der Waals surface area contributed by atoms with E-state index in [0.29, 0.717) is 0 Å². The second-order valence-corrected chi connectivity index (χ2v) is 5.07. The summed E-state index contributed by atoms with van der Waals surface area (Å²) in [4.78, 5) is 0. The third-order valence-corrected chi connectivity index (χ3v) is 3.26. The quantitative estimate of drug-likeness (QED) is 0.441. The van der Waals surface area contributed by atoms with Crippen LogP contribution in [0, 0.1) is 0 Å². The molecule has 0 rings (SSSR count). The molecule has 0 aromatic rings. The zero-order chi connectivity index (χ0) is 9.23. The van der Waals surface area contributed by atoms with E-state index in [1.807, 2.05) is 0 Å². The van der Waals surface area contributed by atoms with Gasteiger partial charge in [-0.25, -0.2) is 0 Å². The standard InChI is InChI=1S/C8H18O2Si2/c1-3-5-7-9-12(11)10-8-6-4-2/h3-8H2,1-2H3. The molecule has 4 radical (unpaired) electrons. The van der Waals surface area contributed by atoms with Gasteiger partial charge in [0.25, 0.3) is 0 Å². The molecule has 0 aromatic carbocycles. The van der Waals surface area contributed by atoms with Crippen LogP contribution in [0.4, 0.5) is 0 Å². The van der Waals surface area contributed by atoms with E-state index < -0.39 is 8.80 Å². The van der Waals surface area contributed by atoms with Gasteiger partial charge in [0.15, 0.2) is 0 Å².